The van der Waals surface area contributed by atoms with Gasteiger partial charge in [-0.15, -0.1) is 11.3 Å². The van der Waals surface area contributed by atoms with Gasteiger partial charge in [-0.05, 0) is 19.3 Å². The zero-order valence-electron chi connectivity index (χ0n) is 10.5. The highest BCUT2D eigenvalue weighted by Gasteiger charge is 2.31. The molecule has 19 heavy (non-hydrogen) atoms. The van der Waals surface area contributed by atoms with E-state index in [-0.39, 0.29) is 19.7 Å². The van der Waals surface area contributed by atoms with Gasteiger partial charge in [-0.3, -0.25) is 4.90 Å². The molecule has 1 saturated carbocycles. The van der Waals surface area contributed by atoms with E-state index in [1.165, 1.54) is 16.2 Å². The van der Waals surface area contributed by atoms with Crippen LogP contribution in [0.15, 0.2) is 5.38 Å². The summed E-state index contributed by atoms with van der Waals surface area (Å²) in [7, 11) is 0. The van der Waals surface area contributed by atoms with Crippen LogP contribution >= 0.6 is 11.3 Å². The number of hydrogen-bond donors (Lipinski definition) is 1. The maximum atomic E-state index is 12.5. The first-order valence-electron chi connectivity index (χ1n) is 6.32. The van der Waals surface area contributed by atoms with Crippen LogP contribution in [0.1, 0.15) is 35.9 Å². The number of hydrogen-bond acceptors (Lipinski definition) is 4. The Morgan fingerprint density at radius 1 is 1.42 bits per heavy atom. The molecule has 0 bridgehead atoms. The second-order valence-corrected chi connectivity index (χ2v) is 5.74. The lowest BCUT2D eigenvalue weighted by atomic mass is 10.3. The topological polar surface area (TPSA) is 36.4 Å². The Kier molecular flexibility index (Phi) is 4.81. The minimum Gasteiger partial charge on any atom is -0.396 e. The predicted molar refractivity (Wildman–Crippen MR) is 67.1 cm³/mol. The van der Waals surface area contributed by atoms with Gasteiger partial charge in [-0.25, -0.2) is 4.98 Å². The third-order valence-corrected chi connectivity index (χ3v) is 3.97. The number of rotatable bonds is 7. The van der Waals surface area contributed by atoms with E-state index in [4.69, 9.17) is 5.11 Å². The first-order chi connectivity index (χ1) is 8.98. The number of aliphatic hydroxyl groups is 1. The third kappa shape index (κ3) is 5.08. The fourth-order valence-electron chi connectivity index (χ4n) is 1.90. The molecular weight excluding hydrogens is 277 g/mol. The van der Waals surface area contributed by atoms with Crippen LogP contribution in [0.4, 0.5) is 13.2 Å². The van der Waals surface area contributed by atoms with E-state index in [1.54, 1.807) is 0 Å². The fourth-order valence-corrected chi connectivity index (χ4v) is 2.89. The number of aromatic nitrogens is 1. The van der Waals surface area contributed by atoms with Crippen molar-refractivity contribution in [1.82, 2.24) is 9.88 Å². The van der Waals surface area contributed by atoms with Crippen molar-refractivity contribution in [3.8, 4) is 0 Å². The minimum atomic E-state index is -4.22. The van der Waals surface area contributed by atoms with Crippen LogP contribution in [-0.4, -0.2) is 40.9 Å². The van der Waals surface area contributed by atoms with Crippen molar-refractivity contribution in [3.05, 3.63) is 16.1 Å². The van der Waals surface area contributed by atoms with Crippen LogP contribution in [-0.2, 0) is 6.54 Å². The first-order valence-corrected chi connectivity index (χ1v) is 7.20. The molecule has 3 nitrogen and oxygen atoms in total. The van der Waals surface area contributed by atoms with Crippen LogP contribution in [0.5, 0.6) is 0 Å². The van der Waals surface area contributed by atoms with Gasteiger partial charge in [0.1, 0.15) is 0 Å². The third-order valence-electron chi connectivity index (χ3n) is 2.92. The Morgan fingerprint density at radius 3 is 2.74 bits per heavy atom. The molecule has 108 valence electrons. The summed E-state index contributed by atoms with van der Waals surface area (Å²) in [6.45, 7) is -0.628. The predicted octanol–water partition coefficient (Wildman–Crippen LogP) is 2.77. The standard InChI is InChI=1S/C12H17F3N2OS/c13-12(14,15)8-17(4-1-5-18)6-10-7-19-11(16-10)9-2-3-9/h7,9,18H,1-6,8H2. The number of nitrogens with zero attached hydrogens (tertiary/aromatic N) is 2. The molecule has 0 aromatic carbocycles. The van der Waals surface area contributed by atoms with Gasteiger partial charge >= 0.3 is 6.18 Å². The van der Waals surface area contributed by atoms with E-state index in [0.717, 1.165) is 17.8 Å². The molecule has 1 N–H and O–H groups in total. The summed E-state index contributed by atoms with van der Waals surface area (Å²) in [6, 6.07) is 0. The van der Waals surface area contributed by atoms with Crippen molar-refractivity contribution in [2.45, 2.75) is 37.9 Å². The largest absolute Gasteiger partial charge is 0.401 e. The number of halogens is 3. The lowest BCUT2D eigenvalue weighted by Gasteiger charge is -2.22. The van der Waals surface area contributed by atoms with E-state index in [0.29, 0.717) is 18.0 Å². The maximum Gasteiger partial charge on any atom is 0.401 e. The van der Waals surface area contributed by atoms with E-state index in [1.807, 2.05) is 5.38 Å². The molecular formula is C12H17F3N2OS. The summed E-state index contributed by atoms with van der Waals surface area (Å²) in [4.78, 5) is 5.69. The molecule has 1 aliphatic carbocycles. The fraction of sp³-hybridized carbons (Fsp3) is 0.750. The van der Waals surface area contributed by atoms with Gasteiger partial charge in [0.05, 0.1) is 17.2 Å². The van der Waals surface area contributed by atoms with Gasteiger partial charge in [-0.1, -0.05) is 0 Å². The summed E-state index contributed by atoms with van der Waals surface area (Å²) < 4.78 is 37.4. The Balaban J connectivity index is 1.92. The van der Waals surface area contributed by atoms with Crippen molar-refractivity contribution in [2.75, 3.05) is 19.7 Å². The molecule has 1 heterocycles. The van der Waals surface area contributed by atoms with Gasteiger partial charge in [0, 0.05) is 31.0 Å². The van der Waals surface area contributed by atoms with Crippen LogP contribution in [0.25, 0.3) is 0 Å². The molecule has 0 spiro atoms. The Bertz CT molecular complexity index is 404. The van der Waals surface area contributed by atoms with Crippen molar-refractivity contribution >= 4 is 11.3 Å². The summed E-state index contributed by atoms with van der Waals surface area (Å²) in [5, 5.41) is 11.6. The molecule has 0 saturated heterocycles. The van der Waals surface area contributed by atoms with E-state index >= 15 is 0 Å². The first kappa shape index (κ1) is 14.7. The summed E-state index contributed by atoms with van der Waals surface area (Å²) >= 11 is 1.54. The van der Waals surface area contributed by atoms with Crippen molar-refractivity contribution in [2.24, 2.45) is 0 Å². The SMILES string of the molecule is OCCCN(Cc1csc(C2CC2)n1)CC(F)(F)F. The smallest absolute Gasteiger partial charge is 0.396 e. The van der Waals surface area contributed by atoms with E-state index in [9.17, 15) is 13.2 Å². The molecule has 0 radical (unpaired) electrons. The van der Waals surface area contributed by atoms with Crippen molar-refractivity contribution in [1.29, 1.82) is 0 Å². The van der Waals surface area contributed by atoms with Crippen LogP contribution in [0.2, 0.25) is 0 Å². The zero-order chi connectivity index (χ0) is 13.9. The average molecular weight is 294 g/mol. The van der Waals surface area contributed by atoms with Crippen LogP contribution < -0.4 is 0 Å². The van der Waals surface area contributed by atoms with E-state index < -0.39 is 12.7 Å². The van der Waals surface area contributed by atoms with Gasteiger partial charge in [-0.2, -0.15) is 13.2 Å². The summed E-state index contributed by atoms with van der Waals surface area (Å²) in [5.41, 5.74) is 0.703. The maximum absolute atomic E-state index is 12.5. The van der Waals surface area contributed by atoms with Gasteiger partial charge in [0.25, 0.3) is 0 Å². The Hall–Kier alpha value is -0.660. The summed E-state index contributed by atoms with van der Waals surface area (Å²) in [5.74, 6) is 0.534. The molecule has 1 aliphatic rings. The second-order valence-electron chi connectivity index (χ2n) is 4.85. The normalized spacial score (nSPS) is 16.3. The molecule has 2 rings (SSSR count). The molecule has 0 aliphatic heterocycles. The van der Waals surface area contributed by atoms with Crippen LogP contribution in [0.3, 0.4) is 0 Å². The highest BCUT2D eigenvalue weighted by Crippen LogP contribution is 2.41. The minimum absolute atomic E-state index is 0.0985. The van der Waals surface area contributed by atoms with Gasteiger partial charge in [0.15, 0.2) is 0 Å². The Labute approximate surface area is 114 Å². The highest BCUT2D eigenvalue weighted by molar-refractivity contribution is 7.09. The monoisotopic (exact) mass is 294 g/mol. The second kappa shape index (κ2) is 6.19. The van der Waals surface area contributed by atoms with Crippen LogP contribution in [0, 0.1) is 0 Å². The quantitative estimate of drug-likeness (QED) is 0.840. The number of aliphatic hydroxyl groups excluding tert-OH is 1. The molecule has 7 heteroatoms. The molecule has 1 fully saturated rings. The number of alkyl halides is 3. The highest BCUT2D eigenvalue weighted by atomic mass is 32.1. The van der Waals surface area contributed by atoms with Gasteiger partial charge < -0.3 is 5.11 Å². The molecule has 1 aromatic heterocycles. The number of thiazole rings is 1. The molecule has 0 unspecified atom stereocenters. The zero-order valence-corrected chi connectivity index (χ0v) is 11.3. The lowest BCUT2D eigenvalue weighted by molar-refractivity contribution is -0.147. The molecule has 0 amide bonds. The van der Waals surface area contributed by atoms with Crippen molar-refractivity contribution in [3.63, 3.8) is 0 Å². The average Bonchev–Trinajstić information content (AvgIpc) is 3.06. The molecule has 1 aromatic rings. The Morgan fingerprint density at radius 2 is 2.16 bits per heavy atom. The van der Waals surface area contributed by atoms with Gasteiger partial charge in [0.2, 0.25) is 0 Å². The van der Waals surface area contributed by atoms with E-state index in [2.05, 4.69) is 4.98 Å². The van der Waals surface area contributed by atoms with Crippen molar-refractivity contribution < 1.29 is 18.3 Å². The summed E-state index contributed by atoms with van der Waals surface area (Å²) in [6.07, 6.45) is -1.59. The molecule has 0 atom stereocenters. The lowest BCUT2D eigenvalue weighted by Crippen LogP contribution is -2.35.